The van der Waals surface area contributed by atoms with Crippen LogP contribution in [0.15, 0.2) is 35.2 Å². The van der Waals surface area contributed by atoms with E-state index in [1.54, 1.807) is 16.2 Å². The quantitative estimate of drug-likeness (QED) is 0.816. The zero-order valence-corrected chi connectivity index (χ0v) is 12.4. The molecule has 0 bridgehead atoms. The molecule has 110 valence electrons. The summed E-state index contributed by atoms with van der Waals surface area (Å²) >= 11 is 1.70. The molecule has 0 unspecified atom stereocenters. The van der Waals surface area contributed by atoms with Gasteiger partial charge in [-0.15, -0.1) is 0 Å². The fraction of sp³-hybridized carbons (Fsp3) is 0.333. The van der Waals surface area contributed by atoms with E-state index in [9.17, 15) is 9.18 Å². The smallest absolute Gasteiger partial charge is 0.255 e. The molecule has 0 aliphatic carbocycles. The SMILES string of the molecule is O=C(c1ccc(F)nc1)N1CCN(Cc2ccsc2)CC1. The number of nitrogens with zero attached hydrogens (tertiary/aromatic N) is 3. The van der Waals surface area contributed by atoms with Crippen molar-refractivity contribution >= 4 is 17.2 Å². The van der Waals surface area contributed by atoms with Crippen molar-refractivity contribution < 1.29 is 9.18 Å². The average Bonchev–Trinajstić information content (AvgIpc) is 3.01. The summed E-state index contributed by atoms with van der Waals surface area (Å²) in [7, 11) is 0. The molecular weight excluding hydrogens is 289 g/mol. The molecule has 1 amide bonds. The predicted molar refractivity (Wildman–Crippen MR) is 79.7 cm³/mol. The molecule has 0 spiro atoms. The normalized spacial score (nSPS) is 16.1. The lowest BCUT2D eigenvalue weighted by Gasteiger charge is -2.34. The highest BCUT2D eigenvalue weighted by Gasteiger charge is 2.22. The van der Waals surface area contributed by atoms with E-state index in [2.05, 4.69) is 26.7 Å². The van der Waals surface area contributed by atoms with Gasteiger partial charge in [0, 0.05) is 38.9 Å². The summed E-state index contributed by atoms with van der Waals surface area (Å²) < 4.78 is 12.8. The standard InChI is InChI=1S/C15H16FN3OS/c16-14-2-1-13(9-17-14)15(20)19-6-4-18(5-7-19)10-12-3-8-21-11-12/h1-3,8-9,11H,4-7,10H2. The van der Waals surface area contributed by atoms with Crippen LogP contribution in [0.2, 0.25) is 0 Å². The summed E-state index contributed by atoms with van der Waals surface area (Å²) in [5.74, 6) is -0.634. The lowest BCUT2D eigenvalue weighted by molar-refractivity contribution is 0.0628. The van der Waals surface area contributed by atoms with Crippen LogP contribution in [0.25, 0.3) is 0 Å². The molecule has 0 saturated carbocycles. The van der Waals surface area contributed by atoms with Crippen molar-refractivity contribution in [1.82, 2.24) is 14.8 Å². The van der Waals surface area contributed by atoms with E-state index in [-0.39, 0.29) is 5.91 Å². The van der Waals surface area contributed by atoms with Gasteiger partial charge in [-0.25, -0.2) is 4.98 Å². The summed E-state index contributed by atoms with van der Waals surface area (Å²) in [4.78, 5) is 20.0. The maximum absolute atomic E-state index is 12.8. The van der Waals surface area contributed by atoms with Gasteiger partial charge >= 0.3 is 0 Å². The Morgan fingerprint density at radius 3 is 2.67 bits per heavy atom. The van der Waals surface area contributed by atoms with Gasteiger partial charge < -0.3 is 4.90 Å². The molecule has 0 radical (unpaired) electrons. The molecule has 4 nitrogen and oxygen atoms in total. The monoisotopic (exact) mass is 305 g/mol. The van der Waals surface area contributed by atoms with E-state index in [1.807, 2.05) is 0 Å². The van der Waals surface area contributed by atoms with Gasteiger partial charge in [0.2, 0.25) is 5.95 Å². The fourth-order valence-corrected chi connectivity index (χ4v) is 3.09. The van der Waals surface area contributed by atoms with Gasteiger partial charge in [0.05, 0.1) is 5.56 Å². The van der Waals surface area contributed by atoms with E-state index in [1.165, 1.54) is 23.9 Å². The molecule has 0 atom stereocenters. The van der Waals surface area contributed by atoms with Crippen LogP contribution in [0.3, 0.4) is 0 Å². The van der Waals surface area contributed by atoms with Crippen LogP contribution in [-0.2, 0) is 6.54 Å². The molecule has 1 aliphatic heterocycles. The highest BCUT2D eigenvalue weighted by atomic mass is 32.1. The van der Waals surface area contributed by atoms with Gasteiger partial charge in [-0.1, -0.05) is 0 Å². The van der Waals surface area contributed by atoms with Crippen LogP contribution in [0, 0.1) is 5.95 Å². The van der Waals surface area contributed by atoms with Crippen molar-refractivity contribution in [2.45, 2.75) is 6.54 Å². The first-order chi connectivity index (χ1) is 10.2. The second kappa shape index (κ2) is 6.32. The Kier molecular flexibility index (Phi) is 4.26. The number of aromatic nitrogens is 1. The molecule has 2 aromatic heterocycles. The minimum Gasteiger partial charge on any atom is -0.336 e. The number of halogens is 1. The van der Waals surface area contributed by atoms with Gasteiger partial charge in [-0.05, 0) is 34.5 Å². The molecule has 3 rings (SSSR count). The van der Waals surface area contributed by atoms with E-state index in [0.29, 0.717) is 18.7 Å². The number of thiophene rings is 1. The average molecular weight is 305 g/mol. The topological polar surface area (TPSA) is 36.4 Å². The second-order valence-corrected chi connectivity index (χ2v) is 5.85. The first-order valence-corrected chi connectivity index (χ1v) is 7.81. The van der Waals surface area contributed by atoms with Crippen molar-refractivity contribution in [3.63, 3.8) is 0 Å². The molecule has 2 aromatic rings. The maximum Gasteiger partial charge on any atom is 0.255 e. The van der Waals surface area contributed by atoms with Crippen molar-refractivity contribution in [2.75, 3.05) is 26.2 Å². The van der Waals surface area contributed by atoms with Crippen LogP contribution in [0.1, 0.15) is 15.9 Å². The Hall–Kier alpha value is -1.79. The number of hydrogen-bond acceptors (Lipinski definition) is 4. The summed E-state index contributed by atoms with van der Waals surface area (Å²) in [5, 5.41) is 4.23. The lowest BCUT2D eigenvalue weighted by Crippen LogP contribution is -2.48. The summed E-state index contributed by atoms with van der Waals surface area (Å²) in [6.07, 6.45) is 1.30. The highest BCUT2D eigenvalue weighted by molar-refractivity contribution is 7.07. The Labute approximate surface area is 126 Å². The van der Waals surface area contributed by atoms with Crippen LogP contribution in [0.4, 0.5) is 4.39 Å². The number of carbonyl (C=O) groups excluding carboxylic acids is 1. The Balaban J connectivity index is 1.55. The third kappa shape index (κ3) is 3.46. The van der Waals surface area contributed by atoms with E-state index in [0.717, 1.165) is 19.6 Å². The lowest BCUT2D eigenvalue weighted by atomic mass is 10.2. The zero-order valence-electron chi connectivity index (χ0n) is 11.5. The second-order valence-electron chi connectivity index (χ2n) is 5.07. The number of carbonyl (C=O) groups is 1. The summed E-state index contributed by atoms with van der Waals surface area (Å²) in [6, 6.07) is 4.84. The van der Waals surface area contributed by atoms with Gasteiger partial charge in [0.1, 0.15) is 0 Å². The van der Waals surface area contributed by atoms with Crippen molar-refractivity contribution in [2.24, 2.45) is 0 Å². The molecular formula is C15H16FN3OS. The largest absolute Gasteiger partial charge is 0.336 e. The first-order valence-electron chi connectivity index (χ1n) is 6.86. The maximum atomic E-state index is 12.8. The Bertz CT molecular complexity index is 592. The molecule has 6 heteroatoms. The fourth-order valence-electron chi connectivity index (χ4n) is 2.43. The molecule has 3 heterocycles. The predicted octanol–water partition coefficient (Wildman–Crippen LogP) is 2.24. The molecule has 0 aromatic carbocycles. The van der Waals surface area contributed by atoms with E-state index in [4.69, 9.17) is 0 Å². The Morgan fingerprint density at radius 1 is 1.24 bits per heavy atom. The third-order valence-electron chi connectivity index (χ3n) is 3.62. The highest BCUT2D eigenvalue weighted by Crippen LogP contribution is 2.13. The number of pyridine rings is 1. The zero-order chi connectivity index (χ0) is 14.7. The van der Waals surface area contributed by atoms with Gasteiger partial charge in [-0.3, -0.25) is 9.69 Å². The molecule has 1 aliphatic rings. The van der Waals surface area contributed by atoms with Crippen LogP contribution < -0.4 is 0 Å². The van der Waals surface area contributed by atoms with Crippen molar-refractivity contribution in [1.29, 1.82) is 0 Å². The minimum atomic E-state index is -0.563. The van der Waals surface area contributed by atoms with E-state index >= 15 is 0 Å². The van der Waals surface area contributed by atoms with Crippen LogP contribution in [-0.4, -0.2) is 46.9 Å². The number of rotatable bonds is 3. The molecule has 1 fully saturated rings. The van der Waals surface area contributed by atoms with Gasteiger partial charge in [0.15, 0.2) is 0 Å². The number of amides is 1. The molecule has 1 saturated heterocycles. The summed E-state index contributed by atoms with van der Waals surface area (Å²) in [5.41, 5.74) is 1.77. The molecule has 0 N–H and O–H groups in total. The van der Waals surface area contributed by atoms with Crippen molar-refractivity contribution in [3.05, 3.63) is 52.2 Å². The summed E-state index contributed by atoms with van der Waals surface area (Å²) in [6.45, 7) is 4.04. The third-order valence-corrected chi connectivity index (χ3v) is 4.35. The van der Waals surface area contributed by atoms with Gasteiger partial charge in [0.25, 0.3) is 5.91 Å². The van der Waals surface area contributed by atoms with Crippen LogP contribution >= 0.6 is 11.3 Å². The van der Waals surface area contributed by atoms with Crippen molar-refractivity contribution in [3.8, 4) is 0 Å². The van der Waals surface area contributed by atoms with E-state index < -0.39 is 5.95 Å². The molecule has 21 heavy (non-hydrogen) atoms. The first kappa shape index (κ1) is 14.2. The Morgan fingerprint density at radius 2 is 2.05 bits per heavy atom. The van der Waals surface area contributed by atoms with Gasteiger partial charge in [-0.2, -0.15) is 15.7 Å². The van der Waals surface area contributed by atoms with Crippen LogP contribution in [0.5, 0.6) is 0 Å². The minimum absolute atomic E-state index is 0.0716. The number of piperazine rings is 1. The number of hydrogen-bond donors (Lipinski definition) is 0.